The number of carboxylic acids is 1. The fourth-order valence-corrected chi connectivity index (χ4v) is 7.58. The molecule has 30 heteroatoms. The number of aliphatic carboxylic acids is 1. The van der Waals surface area contributed by atoms with Crippen LogP contribution >= 0.6 is 25.3 Å². The maximum atomic E-state index is 10.3. The lowest BCUT2D eigenvalue weighted by atomic mass is 10.1. The molecule has 1 atom stereocenters. The quantitative estimate of drug-likeness (QED) is 0.0576. The van der Waals surface area contributed by atoms with Gasteiger partial charge in [0.15, 0.2) is 0 Å². The normalized spacial score (nSPS) is 12.1. The lowest BCUT2D eigenvalue weighted by molar-refractivity contribution is -0.142. The summed E-state index contributed by atoms with van der Waals surface area (Å²) in [4.78, 5) is 10.3. The van der Waals surface area contributed by atoms with Gasteiger partial charge in [0.05, 0.1) is 330 Å². The first-order chi connectivity index (χ1) is 46.2. The molecule has 0 spiro atoms. The highest BCUT2D eigenvalue weighted by Gasteiger charge is 2.03. The second-order valence-electron chi connectivity index (χ2n) is 19.9. The number of carboxylic acid groups (broad SMARTS) is 1. The van der Waals surface area contributed by atoms with Gasteiger partial charge in [0, 0.05) is 17.6 Å². The van der Waals surface area contributed by atoms with Gasteiger partial charge in [-0.1, -0.05) is 38.5 Å². The largest absolute Gasteiger partial charge is 0.480 e. The number of hydrogen-bond donors (Lipinski definition) is 3. The molecule has 0 aliphatic rings. The molecule has 0 saturated heterocycles. The molecule has 0 aromatic rings. The first-order valence-electron chi connectivity index (χ1n) is 33.7. The van der Waals surface area contributed by atoms with E-state index < -0.39 is 5.97 Å². The first kappa shape index (κ1) is 92.1. The fraction of sp³-hybridized carbons (Fsp3) is 0.984. The summed E-state index contributed by atoms with van der Waals surface area (Å²) in [5.41, 5.74) is 0. The molecule has 1 N–H and O–H groups in total. The van der Waals surface area contributed by atoms with Crippen molar-refractivity contribution in [3.63, 3.8) is 0 Å². The second-order valence-corrected chi connectivity index (χ2v) is 21.0. The number of unbranched alkanes of at least 4 members (excludes halogenated alkanes) is 6. The molecule has 0 saturated carbocycles. The van der Waals surface area contributed by atoms with Crippen molar-refractivity contribution in [2.75, 3.05) is 349 Å². The lowest BCUT2D eigenvalue weighted by Crippen LogP contribution is -2.16. The van der Waals surface area contributed by atoms with Crippen LogP contribution in [0.5, 0.6) is 0 Å². The molecule has 0 amide bonds. The maximum absolute atomic E-state index is 10.3. The van der Waals surface area contributed by atoms with Gasteiger partial charge in [0.25, 0.3) is 0 Å². The molecule has 0 aromatic carbocycles. The third-order valence-electron chi connectivity index (χ3n) is 12.1. The Hall–Kier alpha value is -0.870. The van der Waals surface area contributed by atoms with Crippen molar-refractivity contribution in [2.45, 2.75) is 56.6 Å². The van der Waals surface area contributed by atoms with Crippen LogP contribution in [0.4, 0.5) is 0 Å². The van der Waals surface area contributed by atoms with Crippen LogP contribution in [0.25, 0.3) is 0 Å². The van der Waals surface area contributed by atoms with Crippen LogP contribution in [0.1, 0.15) is 51.4 Å². The standard InChI is InChI=1S/C63H126O28S2/c64-63(65)60-91-59-58-90-57-56-89-55-54-88-53-52-87-51-50-86-49-48-85-47-46-84-45-44-83-43-42-82-41-40-81-39-38-80-37-36-79-35-34-78-33-32-77-31-30-76-29-28-75-27-26-74-25-24-73-23-22-72-21-20-71-19-18-70-17-16-69-15-14-68-13-12-67-11-10-66-9-7-5-3-1-2-4-6-8-62(93)61-92/h62,92-93H,1-61H2,(H,64,65). The molecule has 0 aliphatic carbocycles. The van der Waals surface area contributed by atoms with Gasteiger partial charge in [-0.3, -0.25) is 0 Å². The molecule has 1 unspecified atom stereocenters. The lowest BCUT2D eigenvalue weighted by Gasteiger charge is -2.09. The summed E-state index contributed by atoms with van der Waals surface area (Å²) in [5.74, 6) is -0.139. The monoisotopic (exact) mass is 1390 g/mol. The minimum absolute atomic E-state index is 0.232. The molecule has 0 fully saturated rings. The SMILES string of the molecule is O=C(O)COCCOCCOCCOCCOCCOCCOCCOCCOCCOCCOCCOCCOCCOCCOCCOCCOCCOCCOCCOCCOCCOCCOCCOCCOCCOCCCCCCCCCC(S)CS. The molecule has 0 rings (SSSR count). The van der Waals surface area contributed by atoms with Gasteiger partial charge in [-0.05, 0) is 12.8 Å². The van der Waals surface area contributed by atoms with E-state index in [1.54, 1.807) is 0 Å². The molecule has 558 valence electrons. The molecular formula is C63H126O28S2. The summed E-state index contributed by atoms with van der Waals surface area (Å²) < 4.78 is 143. The van der Waals surface area contributed by atoms with Crippen molar-refractivity contribution in [3.8, 4) is 0 Å². The molecular weight excluding hydrogens is 1270 g/mol. The zero-order valence-corrected chi connectivity index (χ0v) is 58.4. The highest BCUT2D eigenvalue weighted by molar-refractivity contribution is 7.84. The summed E-state index contributed by atoms with van der Waals surface area (Å²) in [6, 6.07) is 0. The van der Waals surface area contributed by atoms with E-state index in [9.17, 15) is 4.79 Å². The van der Waals surface area contributed by atoms with Gasteiger partial charge in [-0.2, -0.15) is 25.3 Å². The molecule has 28 nitrogen and oxygen atoms in total. The highest BCUT2D eigenvalue weighted by Crippen LogP contribution is 2.13. The van der Waals surface area contributed by atoms with Gasteiger partial charge >= 0.3 is 5.97 Å². The second kappa shape index (κ2) is 87.2. The van der Waals surface area contributed by atoms with Gasteiger partial charge in [-0.15, -0.1) is 0 Å². The van der Waals surface area contributed by atoms with Gasteiger partial charge in [-0.25, -0.2) is 4.79 Å². The van der Waals surface area contributed by atoms with Crippen molar-refractivity contribution in [1.29, 1.82) is 0 Å². The minimum atomic E-state index is -1.00. The van der Waals surface area contributed by atoms with E-state index in [1.165, 1.54) is 44.9 Å². The van der Waals surface area contributed by atoms with Gasteiger partial charge in [0.2, 0.25) is 0 Å². The number of rotatable bonds is 88. The molecule has 0 aliphatic heterocycles. The Morgan fingerprint density at radius 2 is 0.333 bits per heavy atom. The molecule has 0 radical (unpaired) electrons. The first-order valence-corrected chi connectivity index (χ1v) is 34.8. The highest BCUT2D eigenvalue weighted by atomic mass is 32.1. The fourth-order valence-electron chi connectivity index (χ4n) is 7.22. The van der Waals surface area contributed by atoms with Crippen molar-refractivity contribution in [1.82, 2.24) is 0 Å². The van der Waals surface area contributed by atoms with Gasteiger partial charge in [0.1, 0.15) is 6.61 Å². The third kappa shape index (κ3) is 89.1. The summed E-state index contributed by atoms with van der Waals surface area (Å²) in [7, 11) is 0. The van der Waals surface area contributed by atoms with Crippen LogP contribution in [0.2, 0.25) is 0 Å². The van der Waals surface area contributed by atoms with Crippen LogP contribution < -0.4 is 0 Å². The van der Waals surface area contributed by atoms with Crippen LogP contribution in [0.15, 0.2) is 0 Å². The van der Waals surface area contributed by atoms with E-state index in [0.717, 1.165) is 18.8 Å². The Kier molecular flexibility index (Phi) is 86.4. The third-order valence-corrected chi connectivity index (χ3v) is 13.2. The van der Waals surface area contributed by atoms with E-state index in [1.807, 2.05) is 0 Å². The Balaban J connectivity index is 3.09. The summed E-state index contributed by atoms with van der Waals surface area (Å²) >= 11 is 8.77. The Morgan fingerprint density at radius 3 is 0.484 bits per heavy atom. The van der Waals surface area contributed by atoms with Crippen LogP contribution in [-0.2, 0) is 128 Å². The predicted octanol–water partition coefficient (Wildman–Crippen LogP) is 3.85. The number of thiol groups is 2. The number of ether oxygens (including phenoxy) is 26. The van der Waals surface area contributed by atoms with E-state index >= 15 is 0 Å². The Bertz CT molecular complexity index is 1360. The van der Waals surface area contributed by atoms with Crippen molar-refractivity contribution < 1.29 is 133 Å². The van der Waals surface area contributed by atoms with E-state index in [2.05, 4.69) is 25.3 Å². The van der Waals surface area contributed by atoms with Crippen molar-refractivity contribution >= 4 is 31.2 Å². The summed E-state index contributed by atoms with van der Waals surface area (Å²) in [6.45, 7) is 24.4. The Morgan fingerprint density at radius 1 is 0.204 bits per heavy atom. The smallest absolute Gasteiger partial charge is 0.329 e. The zero-order chi connectivity index (χ0) is 66.7. The zero-order valence-electron chi connectivity index (χ0n) is 56.6. The van der Waals surface area contributed by atoms with Crippen molar-refractivity contribution in [2.24, 2.45) is 0 Å². The van der Waals surface area contributed by atoms with Gasteiger partial charge < -0.3 is 128 Å². The molecule has 93 heavy (non-hydrogen) atoms. The van der Waals surface area contributed by atoms with Crippen LogP contribution in [0, 0.1) is 0 Å². The summed E-state index contributed by atoms with van der Waals surface area (Å²) in [6.07, 6.45) is 9.97. The van der Waals surface area contributed by atoms with E-state index in [0.29, 0.717) is 329 Å². The van der Waals surface area contributed by atoms with Crippen LogP contribution in [0.3, 0.4) is 0 Å². The maximum Gasteiger partial charge on any atom is 0.329 e. The molecule has 0 aromatic heterocycles. The van der Waals surface area contributed by atoms with E-state index in [4.69, 9.17) is 128 Å². The molecule has 0 bridgehead atoms. The average molecular weight is 1400 g/mol. The van der Waals surface area contributed by atoms with Crippen molar-refractivity contribution in [3.05, 3.63) is 0 Å². The topological polar surface area (TPSA) is 277 Å². The minimum Gasteiger partial charge on any atom is -0.480 e. The Labute approximate surface area is 568 Å². The predicted molar refractivity (Wildman–Crippen MR) is 352 cm³/mol. The summed E-state index contributed by atoms with van der Waals surface area (Å²) in [5, 5.41) is 8.91. The molecule has 0 heterocycles. The van der Waals surface area contributed by atoms with Crippen LogP contribution in [-0.4, -0.2) is 366 Å². The number of carbonyl (C=O) groups is 1. The average Bonchev–Trinajstić information content (AvgIpc) is 3.57. The van der Waals surface area contributed by atoms with E-state index in [-0.39, 0.29) is 13.2 Å². The number of hydrogen-bond acceptors (Lipinski definition) is 29.